The number of benzene rings is 2. The van der Waals surface area contributed by atoms with Crippen LogP contribution in [0.5, 0.6) is 5.75 Å². The van der Waals surface area contributed by atoms with Gasteiger partial charge in [-0.1, -0.05) is 12.1 Å². The molecule has 1 aliphatic rings. The fraction of sp³-hybridized carbons (Fsp3) is 0.105. The monoisotopic (exact) mass is 376 g/mol. The number of fused-ring (bicyclic) bond motifs is 1. The first-order valence-corrected chi connectivity index (χ1v) is 8.43. The van der Waals surface area contributed by atoms with Crippen LogP contribution in [0.1, 0.15) is 31.8 Å². The number of carbonyl (C=O) groups is 2. The normalized spacial score (nSPS) is 13.2. The fourth-order valence-corrected chi connectivity index (χ4v) is 2.98. The summed E-state index contributed by atoms with van der Waals surface area (Å²) < 4.78 is 5.39. The zero-order chi connectivity index (χ0) is 19.5. The quantitative estimate of drug-likeness (QED) is 0.399. The molecule has 0 fully saturated rings. The van der Waals surface area contributed by atoms with E-state index in [9.17, 15) is 9.59 Å². The minimum absolute atomic E-state index is 0.105. The van der Waals surface area contributed by atoms with Crippen LogP contribution in [0.3, 0.4) is 0 Å². The van der Waals surface area contributed by atoms with Gasteiger partial charge >= 0.3 is 0 Å². The van der Waals surface area contributed by atoms with Gasteiger partial charge in [0.1, 0.15) is 18.4 Å². The van der Waals surface area contributed by atoms with Crippen molar-refractivity contribution in [3.63, 3.8) is 0 Å². The van der Waals surface area contributed by atoms with Crippen molar-refractivity contribution in [3.8, 4) is 5.75 Å². The summed E-state index contributed by atoms with van der Waals surface area (Å²) >= 11 is 0. The molecule has 0 aliphatic carbocycles. The molecule has 9 nitrogen and oxygen atoms in total. The molecule has 1 N–H and O–H groups in total. The Bertz CT molecular complexity index is 1030. The molecular weight excluding hydrogens is 360 g/mol. The highest BCUT2D eigenvalue weighted by atomic mass is 16.5. The van der Waals surface area contributed by atoms with E-state index < -0.39 is 0 Å². The number of nitrogens with zero attached hydrogens (tertiary/aromatic N) is 5. The van der Waals surface area contributed by atoms with Gasteiger partial charge in [0.15, 0.2) is 0 Å². The van der Waals surface area contributed by atoms with Crippen LogP contribution in [0.4, 0.5) is 0 Å². The number of imide groups is 1. The minimum Gasteiger partial charge on any atom is -0.496 e. The molecule has 28 heavy (non-hydrogen) atoms. The lowest BCUT2D eigenvalue weighted by Gasteiger charge is -2.16. The predicted octanol–water partition coefficient (Wildman–Crippen LogP) is 1.66. The van der Waals surface area contributed by atoms with E-state index >= 15 is 0 Å². The molecule has 9 heteroatoms. The number of hydrogen-bond donors (Lipinski definition) is 1. The second-order valence-electron chi connectivity index (χ2n) is 6.01. The van der Waals surface area contributed by atoms with Gasteiger partial charge in [-0.2, -0.15) is 10.6 Å². The van der Waals surface area contributed by atoms with Gasteiger partial charge in [-0.3, -0.25) is 14.5 Å². The molecule has 4 rings (SSSR count). The first kappa shape index (κ1) is 17.4. The second kappa shape index (κ2) is 7.31. The standard InChI is InChI=1S/C19H16N6O3/c1-28-17-7-6-13(9-21-23-25-12-20-11-22-25)8-14(17)10-24-18(26)15-4-2-3-5-16(15)19(24)27/h2-9,11-12,23H,10H2,1H3/b21-9-. The fourth-order valence-electron chi connectivity index (χ4n) is 2.98. The Hall–Kier alpha value is -4.01. The van der Waals surface area contributed by atoms with E-state index in [0.29, 0.717) is 22.4 Å². The van der Waals surface area contributed by atoms with E-state index in [0.717, 1.165) is 5.56 Å². The van der Waals surface area contributed by atoms with E-state index in [1.165, 1.54) is 22.3 Å². The summed E-state index contributed by atoms with van der Waals surface area (Å²) in [5.41, 5.74) is 4.98. The summed E-state index contributed by atoms with van der Waals surface area (Å²) in [5, 5.41) is 7.95. The van der Waals surface area contributed by atoms with Crippen LogP contribution in [0.25, 0.3) is 0 Å². The molecule has 3 aromatic rings. The molecule has 0 radical (unpaired) electrons. The maximum atomic E-state index is 12.6. The molecule has 2 heterocycles. The van der Waals surface area contributed by atoms with Crippen molar-refractivity contribution < 1.29 is 14.3 Å². The molecule has 2 amide bonds. The van der Waals surface area contributed by atoms with Crippen molar-refractivity contribution in [2.75, 3.05) is 12.6 Å². The Morgan fingerprint density at radius 2 is 1.89 bits per heavy atom. The molecule has 0 unspecified atom stereocenters. The van der Waals surface area contributed by atoms with Crippen molar-refractivity contribution in [1.29, 1.82) is 0 Å². The average Bonchev–Trinajstić information content (AvgIpc) is 3.32. The highest BCUT2D eigenvalue weighted by molar-refractivity contribution is 6.21. The van der Waals surface area contributed by atoms with Crippen molar-refractivity contribution in [2.45, 2.75) is 6.54 Å². The number of hydrogen-bond acceptors (Lipinski definition) is 7. The van der Waals surface area contributed by atoms with Crippen molar-refractivity contribution in [1.82, 2.24) is 19.8 Å². The molecule has 1 aromatic heterocycles. The van der Waals surface area contributed by atoms with Gasteiger partial charge < -0.3 is 4.74 Å². The molecule has 0 saturated carbocycles. The topological polar surface area (TPSA) is 102 Å². The number of rotatable bonds is 6. The third kappa shape index (κ3) is 3.20. The number of ether oxygens (including phenoxy) is 1. The van der Waals surface area contributed by atoms with Crippen molar-refractivity contribution in [2.24, 2.45) is 5.10 Å². The van der Waals surface area contributed by atoms with E-state index in [1.807, 2.05) is 12.1 Å². The van der Waals surface area contributed by atoms with Gasteiger partial charge in [-0.25, -0.2) is 4.98 Å². The van der Waals surface area contributed by atoms with E-state index in [4.69, 9.17) is 4.74 Å². The van der Waals surface area contributed by atoms with Gasteiger partial charge in [0, 0.05) is 5.56 Å². The zero-order valence-electron chi connectivity index (χ0n) is 14.9. The van der Waals surface area contributed by atoms with Crippen LogP contribution in [0, 0.1) is 0 Å². The third-order valence-corrected chi connectivity index (χ3v) is 4.30. The van der Waals surface area contributed by atoms with Crippen LogP contribution >= 0.6 is 0 Å². The van der Waals surface area contributed by atoms with Crippen LogP contribution < -0.4 is 10.3 Å². The average molecular weight is 376 g/mol. The molecule has 0 spiro atoms. The SMILES string of the molecule is COc1ccc(/C=N\Nn2cncn2)cc1CN1C(=O)c2ccccc2C1=O. The molecular formula is C19H16N6O3. The number of methoxy groups -OCH3 is 1. The number of nitrogens with one attached hydrogen (secondary N) is 1. The largest absolute Gasteiger partial charge is 0.496 e. The first-order valence-electron chi connectivity index (χ1n) is 8.43. The number of carbonyl (C=O) groups excluding carboxylic acids is 2. The third-order valence-electron chi connectivity index (χ3n) is 4.30. The van der Waals surface area contributed by atoms with Crippen LogP contribution in [0.15, 0.2) is 60.2 Å². The van der Waals surface area contributed by atoms with Gasteiger partial charge in [0.2, 0.25) is 0 Å². The van der Waals surface area contributed by atoms with E-state index in [-0.39, 0.29) is 18.4 Å². The number of amides is 2. The molecule has 0 atom stereocenters. The molecule has 0 bridgehead atoms. The lowest BCUT2D eigenvalue weighted by molar-refractivity contribution is 0.0641. The zero-order valence-corrected chi connectivity index (χ0v) is 14.9. The molecule has 2 aromatic carbocycles. The minimum atomic E-state index is -0.311. The van der Waals surface area contributed by atoms with Crippen molar-refractivity contribution in [3.05, 3.63) is 77.4 Å². The summed E-state index contributed by atoms with van der Waals surface area (Å²) in [5.74, 6) is -0.0397. The maximum absolute atomic E-state index is 12.6. The molecule has 0 saturated heterocycles. The smallest absolute Gasteiger partial charge is 0.261 e. The Kier molecular flexibility index (Phi) is 4.55. The molecule has 1 aliphatic heterocycles. The van der Waals surface area contributed by atoms with Gasteiger partial charge in [0.25, 0.3) is 11.8 Å². The number of hydrazone groups is 1. The Balaban J connectivity index is 1.56. The summed E-state index contributed by atoms with van der Waals surface area (Å²) in [4.78, 5) is 31.6. The Labute approximate surface area is 160 Å². The van der Waals surface area contributed by atoms with E-state index in [1.54, 1.807) is 43.7 Å². The summed E-state index contributed by atoms with van der Waals surface area (Å²) in [6, 6.07) is 12.2. The maximum Gasteiger partial charge on any atom is 0.261 e. The molecule has 140 valence electrons. The number of aromatic nitrogens is 3. The van der Waals surface area contributed by atoms with Gasteiger partial charge in [-0.05, 0) is 35.9 Å². The summed E-state index contributed by atoms with van der Waals surface area (Å²) in [6.45, 7) is 0.105. The summed E-state index contributed by atoms with van der Waals surface area (Å²) in [6.07, 6.45) is 4.45. The highest BCUT2D eigenvalue weighted by Crippen LogP contribution is 2.27. The first-order chi connectivity index (χ1) is 13.7. The van der Waals surface area contributed by atoms with Gasteiger partial charge in [0.05, 0.1) is 31.0 Å². The lowest BCUT2D eigenvalue weighted by Crippen LogP contribution is -2.29. The van der Waals surface area contributed by atoms with Crippen molar-refractivity contribution >= 4 is 18.0 Å². The lowest BCUT2D eigenvalue weighted by atomic mass is 10.1. The van der Waals surface area contributed by atoms with Crippen LogP contribution in [-0.2, 0) is 6.54 Å². The highest BCUT2D eigenvalue weighted by Gasteiger charge is 2.35. The second-order valence-corrected chi connectivity index (χ2v) is 6.01. The Morgan fingerprint density at radius 3 is 2.54 bits per heavy atom. The van der Waals surface area contributed by atoms with E-state index in [2.05, 4.69) is 20.7 Å². The summed E-state index contributed by atoms with van der Waals surface area (Å²) in [7, 11) is 1.54. The Morgan fingerprint density at radius 1 is 1.14 bits per heavy atom. The van der Waals surface area contributed by atoms with Crippen LogP contribution in [-0.4, -0.2) is 44.9 Å². The van der Waals surface area contributed by atoms with Crippen LogP contribution in [0.2, 0.25) is 0 Å². The van der Waals surface area contributed by atoms with Gasteiger partial charge in [-0.15, -0.1) is 9.89 Å². The predicted molar refractivity (Wildman–Crippen MR) is 101 cm³/mol.